The van der Waals surface area contributed by atoms with Gasteiger partial charge in [-0.15, -0.1) is 5.10 Å². The van der Waals surface area contributed by atoms with E-state index in [1.54, 1.807) is 11.9 Å². The van der Waals surface area contributed by atoms with E-state index in [-0.39, 0.29) is 24.2 Å². The number of amides is 1. The van der Waals surface area contributed by atoms with Crippen molar-refractivity contribution in [1.82, 2.24) is 19.9 Å². The van der Waals surface area contributed by atoms with E-state index in [1.807, 2.05) is 6.92 Å². The summed E-state index contributed by atoms with van der Waals surface area (Å²) in [6.07, 6.45) is 3.18. The van der Waals surface area contributed by atoms with Gasteiger partial charge in [-0.3, -0.25) is 4.79 Å². The minimum absolute atomic E-state index is 0.00480. The minimum Gasteiger partial charge on any atom is -0.476 e. The van der Waals surface area contributed by atoms with Gasteiger partial charge in [-0.2, -0.15) is 0 Å². The van der Waals surface area contributed by atoms with E-state index in [0.717, 1.165) is 12.8 Å². The molecule has 0 aliphatic heterocycles. The Morgan fingerprint density at radius 3 is 2.72 bits per heavy atom. The second-order valence-corrected chi connectivity index (χ2v) is 4.25. The van der Waals surface area contributed by atoms with E-state index in [0.29, 0.717) is 0 Å². The fraction of sp³-hybridized carbons (Fsp3) is 0.636. The van der Waals surface area contributed by atoms with Crippen LogP contribution in [0.15, 0.2) is 6.20 Å². The Balaban J connectivity index is 2.60. The number of rotatable bonds is 6. The van der Waals surface area contributed by atoms with Gasteiger partial charge in [-0.25, -0.2) is 9.48 Å². The van der Waals surface area contributed by atoms with Crippen LogP contribution in [0.1, 0.15) is 37.2 Å². The topological polar surface area (TPSA) is 88.3 Å². The maximum atomic E-state index is 11.9. The Kier molecular flexibility index (Phi) is 4.82. The average Bonchev–Trinajstić information content (AvgIpc) is 2.77. The van der Waals surface area contributed by atoms with Crippen molar-refractivity contribution in [2.75, 3.05) is 7.05 Å². The first-order valence-corrected chi connectivity index (χ1v) is 5.84. The van der Waals surface area contributed by atoms with Gasteiger partial charge in [0, 0.05) is 13.1 Å². The van der Waals surface area contributed by atoms with Gasteiger partial charge in [0.05, 0.1) is 6.20 Å². The average molecular weight is 254 g/mol. The molecule has 1 heterocycles. The SMILES string of the molecule is CCCC(C)N(C)C(=O)Cn1cc(C(=O)O)nn1. The third kappa shape index (κ3) is 3.54. The van der Waals surface area contributed by atoms with Gasteiger partial charge >= 0.3 is 5.97 Å². The highest BCUT2D eigenvalue weighted by Gasteiger charge is 2.17. The van der Waals surface area contributed by atoms with Gasteiger partial charge < -0.3 is 10.0 Å². The fourth-order valence-electron chi connectivity index (χ4n) is 1.58. The third-order valence-corrected chi connectivity index (χ3v) is 2.82. The Hall–Kier alpha value is -1.92. The lowest BCUT2D eigenvalue weighted by molar-refractivity contribution is -0.132. The van der Waals surface area contributed by atoms with Crippen LogP contribution in [0.4, 0.5) is 0 Å². The molecule has 0 aliphatic rings. The molecular formula is C11H18N4O3. The zero-order valence-corrected chi connectivity index (χ0v) is 10.8. The van der Waals surface area contributed by atoms with E-state index < -0.39 is 5.97 Å². The van der Waals surface area contributed by atoms with Crippen LogP contribution in [0, 0.1) is 0 Å². The molecule has 1 atom stereocenters. The highest BCUT2D eigenvalue weighted by atomic mass is 16.4. The molecule has 0 aliphatic carbocycles. The van der Waals surface area contributed by atoms with Crippen LogP contribution >= 0.6 is 0 Å². The molecule has 1 aromatic rings. The Labute approximate surface area is 105 Å². The minimum atomic E-state index is -1.15. The number of hydrogen-bond acceptors (Lipinski definition) is 4. The molecule has 1 aromatic heterocycles. The summed E-state index contributed by atoms with van der Waals surface area (Å²) in [5.74, 6) is -1.26. The lowest BCUT2D eigenvalue weighted by Gasteiger charge is -2.24. The molecule has 100 valence electrons. The molecule has 18 heavy (non-hydrogen) atoms. The monoisotopic (exact) mass is 254 g/mol. The number of carbonyl (C=O) groups excluding carboxylic acids is 1. The number of aromatic nitrogens is 3. The lowest BCUT2D eigenvalue weighted by atomic mass is 10.2. The van der Waals surface area contributed by atoms with Gasteiger partial charge in [0.15, 0.2) is 5.69 Å². The zero-order chi connectivity index (χ0) is 13.7. The number of nitrogens with zero attached hydrogens (tertiary/aromatic N) is 4. The summed E-state index contributed by atoms with van der Waals surface area (Å²) in [4.78, 5) is 24.2. The van der Waals surface area contributed by atoms with Crippen LogP contribution in [-0.4, -0.2) is 50.0 Å². The van der Waals surface area contributed by atoms with Gasteiger partial charge in [0.2, 0.25) is 5.91 Å². The van der Waals surface area contributed by atoms with Gasteiger partial charge in [0.25, 0.3) is 0 Å². The van der Waals surface area contributed by atoms with Crippen molar-refractivity contribution in [3.63, 3.8) is 0 Å². The first-order valence-electron chi connectivity index (χ1n) is 5.84. The number of aromatic carboxylic acids is 1. The van der Waals surface area contributed by atoms with Crippen molar-refractivity contribution >= 4 is 11.9 Å². The molecule has 1 unspecified atom stereocenters. The fourth-order valence-corrected chi connectivity index (χ4v) is 1.58. The summed E-state index contributed by atoms with van der Waals surface area (Å²) in [5, 5.41) is 15.7. The maximum Gasteiger partial charge on any atom is 0.358 e. The first kappa shape index (κ1) is 14.1. The van der Waals surface area contributed by atoms with Crippen LogP contribution in [0.2, 0.25) is 0 Å². The van der Waals surface area contributed by atoms with Crippen molar-refractivity contribution in [3.05, 3.63) is 11.9 Å². The van der Waals surface area contributed by atoms with Crippen LogP contribution in [0.25, 0.3) is 0 Å². The quantitative estimate of drug-likeness (QED) is 0.804. The summed E-state index contributed by atoms with van der Waals surface area (Å²) in [6.45, 7) is 4.04. The number of carboxylic acids is 1. The largest absolute Gasteiger partial charge is 0.476 e. The van der Waals surface area contributed by atoms with Crippen LogP contribution in [0.3, 0.4) is 0 Å². The van der Waals surface area contributed by atoms with E-state index in [9.17, 15) is 9.59 Å². The predicted molar refractivity (Wildman–Crippen MR) is 64.1 cm³/mol. The molecular weight excluding hydrogens is 236 g/mol. The summed E-state index contributed by atoms with van der Waals surface area (Å²) >= 11 is 0. The number of likely N-dealkylation sites (N-methyl/N-ethyl adjacent to an activating group) is 1. The highest BCUT2D eigenvalue weighted by molar-refractivity contribution is 5.84. The molecule has 7 heteroatoms. The van der Waals surface area contributed by atoms with Gasteiger partial charge in [-0.1, -0.05) is 18.6 Å². The lowest BCUT2D eigenvalue weighted by Crippen LogP contribution is -2.37. The molecule has 7 nitrogen and oxygen atoms in total. The number of carbonyl (C=O) groups is 2. The first-order chi connectivity index (χ1) is 8.45. The molecule has 1 amide bonds. The third-order valence-electron chi connectivity index (χ3n) is 2.82. The van der Waals surface area contributed by atoms with E-state index in [1.165, 1.54) is 10.9 Å². The van der Waals surface area contributed by atoms with E-state index in [4.69, 9.17) is 5.11 Å². The molecule has 1 N–H and O–H groups in total. The molecule has 0 bridgehead atoms. The Morgan fingerprint density at radius 2 is 2.22 bits per heavy atom. The van der Waals surface area contributed by atoms with Crippen molar-refractivity contribution in [3.8, 4) is 0 Å². The predicted octanol–water partition coefficient (Wildman–Crippen LogP) is 0.623. The highest BCUT2D eigenvalue weighted by Crippen LogP contribution is 2.05. The smallest absolute Gasteiger partial charge is 0.358 e. The van der Waals surface area contributed by atoms with Gasteiger partial charge in [-0.05, 0) is 13.3 Å². The van der Waals surface area contributed by atoms with E-state index >= 15 is 0 Å². The standard InChI is InChI=1S/C11H18N4O3/c1-4-5-8(2)14(3)10(16)7-15-6-9(11(17)18)12-13-15/h6,8H,4-5,7H2,1-3H3,(H,17,18). The Bertz CT molecular complexity index is 430. The van der Waals surface area contributed by atoms with Gasteiger partial charge in [0.1, 0.15) is 6.54 Å². The number of hydrogen-bond donors (Lipinski definition) is 1. The van der Waals surface area contributed by atoms with Crippen LogP contribution < -0.4 is 0 Å². The van der Waals surface area contributed by atoms with Crippen molar-refractivity contribution in [1.29, 1.82) is 0 Å². The molecule has 0 saturated carbocycles. The maximum absolute atomic E-state index is 11.9. The second kappa shape index (κ2) is 6.13. The molecule has 0 spiro atoms. The van der Waals surface area contributed by atoms with E-state index in [2.05, 4.69) is 17.2 Å². The summed E-state index contributed by atoms with van der Waals surface area (Å²) in [7, 11) is 1.73. The summed E-state index contributed by atoms with van der Waals surface area (Å²) in [6, 6.07) is 0.157. The normalized spacial score (nSPS) is 12.2. The summed E-state index contributed by atoms with van der Waals surface area (Å²) in [5.41, 5.74) is -0.160. The molecule has 1 rings (SSSR count). The van der Waals surface area contributed by atoms with Crippen molar-refractivity contribution in [2.45, 2.75) is 39.3 Å². The zero-order valence-electron chi connectivity index (χ0n) is 10.8. The van der Waals surface area contributed by atoms with Crippen LogP contribution in [0.5, 0.6) is 0 Å². The van der Waals surface area contributed by atoms with Crippen molar-refractivity contribution < 1.29 is 14.7 Å². The Morgan fingerprint density at radius 1 is 1.56 bits per heavy atom. The molecule has 0 fully saturated rings. The molecule has 0 saturated heterocycles. The molecule has 0 aromatic carbocycles. The van der Waals surface area contributed by atoms with Crippen molar-refractivity contribution in [2.24, 2.45) is 0 Å². The second-order valence-electron chi connectivity index (χ2n) is 4.25. The molecule has 0 radical (unpaired) electrons. The number of carboxylic acid groups (broad SMARTS) is 1. The van der Waals surface area contributed by atoms with Crippen LogP contribution in [-0.2, 0) is 11.3 Å². The summed E-state index contributed by atoms with van der Waals surface area (Å²) < 4.78 is 1.24.